The Morgan fingerprint density at radius 1 is 0.871 bits per heavy atom. The molecule has 0 bridgehead atoms. The van der Waals surface area contributed by atoms with Crippen LogP contribution in [0.1, 0.15) is 27.8 Å². The maximum absolute atomic E-state index is 13.5. The third-order valence-electron chi connectivity index (χ3n) is 5.54. The van der Waals surface area contributed by atoms with Crippen molar-refractivity contribution in [3.63, 3.8) is 0 Å². The van der Waals surface area contributed by atoms with Crippen LogP contribution in [0.25, 0.3) is 5.57 Å². The maximum atomic E-state index is 13.5. The molecule has 0 spiro atoms. The van der Waals surface area contributed by atoms with E-state index < -0.39 is 15.9 Å². The number of nitrogens with zero attached hydrogens (tertiary/aromatic N) is 1. The van der Waals surface area contributed by atoms with Gasteiger partial charge in [0.2, 0.25) is 0 Å². The van der Waals surface area contributed by atoms with Crippen molar-refractivity contribution in [2.24, 2.45) is 0 Å². The molecular weight excluding hydrogens is 408 g/mol. The summed E-state index contributed by atoms with van der Waals surface area (Å²) in [6, 6.07) is 20.3. The number of aryl methyl sites for hydroxylation is 3. The first-order chi connectivity index (χ1) is 14.7. The molecule has 3 aromatic carbocycles. The second-order valence-electron chi connectivity index (χ2n) is 7.79. The number of hydrogen-bond acceptors (Lipinski definition) is 3. The Morgan fingerprint density at radius 2 is 1.45 bits per heavy atom. The first-order valence-corrected chi connectivity index (χ1v) is 11.4. The van der Waals surface area contributed by atoms with E-state index in [1.807, 2.05) is 75.4 Å². The van der Waals surface area contributed by atoms with Crippen LogP contribution in [0.5, 0.6) is 0 Å². The quantitative estimate of drug-likeness (QED) is 0.647. The third kappa shape index (κ3) is 3.53. The lowest BCUT2D eigenvalue weighted by molar-refractivity contribution is -0.112. The minimum Gasteiger partial charge on any atom is -0.321 e. The summed E-state index contributed by atoms with van der Waals surface area (Å²) in [5.74, 6) is -0.643. The van der Waals surface area contributed by atoms with Crippen molar-refractivity contribution in [3.05, 3.63) is 99.5 Å². The molecule has 158 valence electrons. The van der Waals surface area contributed by atoms with Gasteiger partial charge in [0.25, 0.3) is 15.9 Å². The largest absolute Gasteiger partial charge is 0.321 e. The number of amides is 1. The summed E-state index contributed by atoms with van der Waals surface area (Å²) in [5.41, 5.74) is 5.81. The number of carbonyl (C=O) groups excluding carboxylic acids is 1. The summed E-state index contributed by atoms with van der Waals surface area (Å²) in [6.45, 7) is 5.79. The molecule has 6 heteroatoms. The average Bonchev–Trinajstić information content (AvgIpc) is 2.73. The van der Waals surface area contributed by atoms with Gasteiger partial charge in [-0.2, -0.15) is 0 Å². The molecule has 0 aliphatic carbocycles. The van der Waals surface area contributed by atoms with E-state index in [2.05, 4.69) is 5.32 Å². The van der Waals surface area contributed by atoms with Crippen LogP contribution in [0.3, 0.4) is 0 Å². The van der Waals surface area contributed by atoms with Crippen LogP contribution < -0.4 is 9.62 Å². The van der Waals surface area contributed by atoms with Gasteiger partial charge in [-0.25, -0.2) is 8.42 Å². The lowest BCUT2D eigenvalue weighted by Gasteiger charge is -2.31. The van der Waals surface area contributed by atoms with Gasteiger partial charge in [0.15, 0.2) is 4.91 Å². The highest BCUT2D eigenvalue weighted by Crippen LogP contribution is 2.42. The first kappa shape index (κ1) is 20.9. The zero-order valence-corrected chi connectivity index (χ0v) is 18.7. The van der Waals surface area contributed by atoms with E-state index in [0.29, 0.717) is 28.1 Å². The van der Waals surface area contributed by atoms with Crippen LogP contribution in [-0.4, -0.2) is 21.4 Å². The number of fused-ring (bicyclic) bond motifs is 1. The number of para-hydroxylation sites is 1. The summed E-state index contributed by atoms with van der Waals surface area (Å²) in [4.78, 5) is 13.3. The Bertz CT molecular complexity index is 1300. The molecule has 1 N–H and O–H groups in total. The predicted octanol–water partition coefficient (Wildman–Crippen LogP) is 4.79. The molecule has 0 aromatic heterocycles. The molecule has 1 aliphatic rings. The number of rotatable bonds is 3. The molecule has 1 aliphatic heterocycles. The third-order valence-corrected chi connectivity index (χ3v) is 7.37. The fourth-order valence-corrected chi connectivity index (χ4v) is 5.61. The number of nitrogens with one attached hydrogen (secondary N) is 1. The second kappa shape index (κ2) is 7.71. The molecule has 31 heavy (non-hydrogen) atoms. The normalized spacial score (nSPS) is 14.9. The molecule has 5 nitrogen and oxygen atoms in total. The highest BCUT2D eigenvalue weighted by molar-refractivity contribution is 7.97. The van der Waals surface area contributed by atoms with Gasteiger partial charge in [0, 0.05) is 23.9 Å². The van der Waals surface area contributed by atoms with E-state index in [0.717, 1.165) is 16.7 Å². The number of carbonyl (C=O) groups is 1. The summed E-state index contributed by atoms with van der Waals surface area (Å²) < 4.78 is 28.2. The standard InChI is InChI=1S/C25H24N2O3S/c1-16-14-17(2)23(18(3)15-16)26-25(28)24-22(19-10-6-5-7-11-19)20-12-8-9-13-21(20)27(4)31(24,29)30/h5-15H,1-4H3,(H,26,28). The number of benzene rings is 3. The van der Waals surface area contributed by atoms with Crippen LogP contribution in [0.4, 0.5) is 11.4 Å². The maximum Gasteiger partial charge on any atom is 0.270 e. The van der Waals surface area contributed by atoms with Crippen molar-refractivity contribution in [1.82, 2.24) is 0 Å². The van der Waals surface area contributed by atoms with Crippen molar-refractivity contribution in [2.75, 3.05) is 16.7 Å². The van der Waals surface area contributed by atoms with E-state index in [-0.39, 0.29) is 4.91 Å². The molecule has 0 saturated carbocycles. The molecule has 0 radical (unpaired) electrons. The van der Waals surface area contributed by atoms with Crippen LogP contribution in [0.15, 0.2) is 71.6 Å². The number of hydrogen-bond donors (Lipinski definition) is 1. The van der Waals surface area contributed by atoms with Gasteiger partial charge in [-0.3, -0.25) is 9.10 Å². The Balaban J connectivity index is 1.97. The average molecular weight is 433 g/mol. The zero-order valence-electron chi connectivity index (χ0n) is 17.9. The zero-order chi connectivity index (χ0) is 22.3. The highest BCUT2D eigenvalue weighted by Gasteiger charge is 2.39. The van der Waals surface area contributed by atoms with Crippen molar-refractivity contribution >= 4 is 32.9 Å². The van der Waals surface area contributed by atoms with E-state index in [1.165, 1.54) is 11.4 Å². The van der Waals surface area contributed by atoms with Crippen molar-refractivity contribution in [3.8, 4) is 0 Å². The van der Waals surface area contributed by atoms with Gasteiger partial charge >= 0.3 is 0 Å². The van der Waals surface area contributed by atoms with Gasteiger partial charge in [-0.05, 0) is 43.5 Å². The Hall–Kier alpha value is -3.38. The summed E-state index contributed by atoms with van der Waals surface area (Å²) in [7, 11) is -2.59. The highest BCUT2D eigenvalue weighted by atomic mass is 32.2. The van der Waals surface area contributed by atoms with Gasteiger partial charge < -0.3 is 5.32 Å². The van der Waals surface area contributed by atoms with Crippen LogP contribution in [0.2, 0.25) is 0 Å². The van der Waals surface area contributed by atoms with Crippen molar-refractivity contribution in [2.45, 2.75) is 20.8 Å². The molecule has 1 amide bonds. The Kier molecular flexibility index (Phi) is 5.19. The van der Waals surface area contributed by atoms with E-state index >= 15 is 0 Å². The van der Waals surface area contributed by atoms with Gasteiger partial charge in [-0.15, -0.1) is 0 Å². The van der Waals surface area contributed by atoms with Gasteiger partial charge in [-0.1, -0.05) is 66.2 Å². The lowest BCUT2D eigenvalue weighted by atomic mass is 9.95. The van der Waals surface area contributed by atoms with E-state index in [4.69, 9.17) is 0 Å². The van der Waals surface area contributed by atoms with Gasteiger partial charge in [0.05, 0.1) is 5.69 Å². The Morgan fingerprint density at radius 3 is 2.10 bits per heavy atom. The topological polar surface area (TPSA) is 66.5 Å². The number of anilines is 2. The smallest absolute Gasteiger partial charge is 0.270 e. The Labute approximate surface area is 183 Å². The molecule has 0 unspecified atom stereocenters. The first-order valence-electron chi connectivity index (χ1n) is 9.99. The fraction of sp³-hybridized carbons (Fsp3) is 0.160. The summed E-state index contributed by atoms with van der Waals surface area (Å²) in [5, 5.41) is 2.88. The van der Waals surface area contributed by atoms with Crippen molar-refractivity contribution in [1.29, 1.82) is 0 Å². The SMILES string of the molecule is Cc1cc(C)c(NC(=O)C2=C(c3ccccc3)c3ccccc3N(C)S2(=O)=O)c(C)c1. The molecule has 1 heterocycles. The van der Waals surface area contributed by atoms with Crippen molar-refractivity contribution < 1.29 is 13.2 Å². The van der Waals surface area contributed by atoms with Crippen LogP contribution in [-0.2, 0) is 14.8 Å². The minimum atomic E-state index is -4.07. The molecule has 4 rings (SSSR count). The van der Waals surface area contributed by atoms with Gasteiger partial charge in [0.1, 0.15) is 0 Å². The lowest BCUT2D eigenvalue weighted by Crippen LogP contribution is -2.37. The van der Waals surface area contributed by atoms with Crippen LogP contribution in [0, 0.1) is 20.8 Å². The van der Waals surface area contributed by atoms with E-state index in [1.54, 1.807) is 12.1 Å². The second-order valence-corrected chi connectivity index (χ2v) is 9.69. The minimum absolute atomic E-state index is 0.251. The molecule has 0 atom stereocenters. The summed E-state index contributed by atoms with van der Waals surface area (Å²) >= 11 is 0. The molecule has 0 fully saturated rings. The van der Waals surface area contributed by atoms with E-state index in [9.17, 15) is 13.2 Å². The number of sulfonamides is 1. The molecule has 3 aromatic rings. The monoisotopic (exact) mass is 432 g/mol. The fourth-order valence-electron chi connectivity index (χ4n) is 4.15. The molecular formula is C25H24N2O3S. The summed E-state index contributed by atoms with van der Waals surface area (Å²) in [6.07, 6.45) is 0. The molecule has 0 saturated heterocycles. The predicted molar refractivity (Wildman–Crippen MR) is 126 cm³/mol. The van der Waals surface area contributed by atoms with Crippen LogP contribution >= 0.6 is 0 Å².